The van der Waals surface area contributed by atoms with Crippen LogP contribution < -0.4 is 5.32 Å². The Kier molecular flexibility index (Phi) is 4.32. The molecule has 3 aromatic rings. The number of rotatable bonds is 5. The van der Waals surface area contributed by atoms with Crippen LogP contribution in [-0.2, 0) is 5.60 Å². The Morgan fingerprint density at radius 3 is 2.70 bits per heavy atom. The van der Waals surface area contributed by atoms with E-state index >= 15 is 0 Å². The molecule has 0 saturated heterocycles. The summed E-state index contributed by atoms with van der Waals surface area (Å²) in [6.07, 6.45) is 1.51. The van der Waals surface area contributed by atoms with Crippen LogP contribution in [0.3, 0.4) is 0 Å². The number of thiophene rings is 1. The van der Waals surface area contributed by atoms with Gasteiger partial charge in [0.05, 0.1) is 12.8 Å². The van der Waals surface area contributed by atoms with Crippen molar-refractivity contribution in [2.45, 2.75) is 12.5 Å². The zero-order chi connectivity index (χ0) is 16.3. The maximum absolute atomic E-state index is 12.4. The summed E-state index contributed by atoms with van der Waals surface area (Å²) in [5.74, 6) is 0.190. The number of carbonyl (C=O) groups excluding carboxylic acids is 1. The molecule has 5 heteroatoms. The van der Waals surface area contributed by atoms with Gasteiger partial charge in [-0.05, 0) is 42.1 Å². The molecule has 0 radical (unpaired) electrons. The number of benzene rings is 1. The minimum Gasteiger partial charge on any atom is -0.466 e. The van der Waals surface area contributed by atoms with Gasteiger partial charge < -0.3 is 14.8 Å². The van der Waals surface area contributed by atoms with Crippen LogP contribution in [0.25, 0.3) is 0 Å². The van der Waals surface area contributed by atoms with Crippen LogP contribution in [0.4, 0.5) is 0 Å². The lowest BCUT2D eigenvalue weighted by Crippen LogP contribution is -2.41. The molecule has 0 bridgehead atoms. The summed E-state index contributed by atoms with van der Waals surface area (Å²) in [4.78, 5) is 13.1. The minimum atomic E-state index is -1.38. The van der Waals surface area contributed by atoms with Crippen LogP contribution in [-0.4, -0.2) is 17.6 Å². The number of carbonyl (C=O) groups is 1. The molecule has 2 N–H and O–H groups in total. The first-order valence-corrected chi connectivity index (χ1v) is 8.13. The van der Waals surface area contributed by atoms with Crippen LogP contribution in [0.15, 0.2) is 64.6 Å². The maximum Gasteiger partial charge on any atom is 0.251 e. The highest BCUT2D eigenvalue weighted by molar-refractivity contribution is 7.10. The monoisotopic (exact) mass is 327 g/mol. The first kappa shape index (κ1) is 15.5. The van der Waals surface area contributed by atoms with Gasteiger partial charge in [0, 0.05) is 10.4 Å². The molecule has 1 amide bonds. The third-order valence-electron chi connectivity index (χ3n) is 3.75. The first-order chi connectivity index (χ1) is 11.1. The van der Waals surface area contributed by atoms with Crippen LogP contribution in [0.1, 0.15) is 26.6 Å². The van der Waals surface area contributed by atoms with Crippen LogP contribution in [0, 0.1) is 6.92 Å². The van der Waals surface area contributed by atoms with Gasteiger partial charge in [0.15, 0.2) is 5.60 Å². The third-order valence-corrected chi connectivity index (χ3v) is 4.77. The molecular weight excluding hydrogens is 310 g/mol. The maximum atomic E-state index is 12.4. The summed E-state index contributed by atoms with van der Waals surface area (Å²) >= 11 is 1.42. The molecule has 0 fully saturated rings. The predicted octanol–water partition coefficient (Wildman–Crippen LogP) is 3.32. The Hall–Kier alpha value is -2.37. The van der Waals surface area contributed by atoms with E-state index in [-0.39, 0.29) is 12.5 Å². The summed E-state index contributed by atoms with van der Waals surface area (Å²) in [5, 5.41) is 15.8. The Morgan fingerprint density at radius 1 is 1.22 bits per heavy atom. The SMILES string of the molecule is Cc1ccccc1C(=O)NC[C@](O)(c1ccco1)c1cccs1. The second-order valence-electron chi connectivity index (χ2n) is 5.31. The molecule has 0 unspecified atom stereocenters. The van der Waals surface area contributed by atoms with Gasteiger partial charge in [-0.3, -0.25) is 4.79 Å². The van der Waals surface area contributed by atoms with Crippen LogP contribution in [0.5, 0.6) is 0 Å². The standard InChI is InChI=1S/C18H17NO3S/c1-13-6-2-3-7-14(13)17(20)19-12-18(21,15-8-4-10-22-15)16-9-5-11-23-16/h2-11,21H,12H2,1H3,(H,19,20)/t18-/m0/s1. The van der Waals surface area contributed by atoms with Crippen LogP contribution >= 0.6 is 11.3 Å². The van der Waals surface area contributed by atoms with Gasteiger partial charge in [-0.2, -0.15) is 0 Å². The average molecular weight is 327 g/mol. The van der Waals surface area contributed by atoms with Gasteiger partial charge in [0.2, 0.25) is 0 Å². The highest BCUT2D eigenvalue weighted by atomic mass is 32.1. The zero-order valence-electron chi connectivity index (χ0n) is 12.7. The molecule has 118 valence electrons. The van der Waals surface area contributed by atoms with Gasteiger partial charge in [0.1, 0.15) is 5.76 Å². The Morgan fingerprint density at radius 2 is 2.04 bits per heavy atom. The average Bonchev–Trinajstić information content (AvgIpc) is 3.25. The van der Waals surface area contributed by atoms with Crippen molar-refractivity contribution in [3.63, 3.8) is 0 Å². The van der Waals surface area contributed by atoms with Crippen molar-refractivity contribution in [3.8, 4) is 0 Å². The van der Waals surface area contributed by atoms with E-state index in [0.717, 1.165) is 10.4 Å². The lowest BCUT2D eigenvalue weighted by molar-refractivity contribution is 0.0554. The van der Waals surface area contributed by atoms with E-state index in [4.69, 9.17) is 4.42 Å². The molecule has 0 aliphatic carbocycles. The fourth-order valence-electron chi connectivity index (χ4n) is 2.45. The predicted molar refractivity (Wildman–Crippen MR) is 89.5 cm³/mol. The normalized spacial score (nSPS) is 13.5. The summed E-state index contributed by atoms with van der Waals surface area (Å²) < 4.78 is 5.39. The van der Waals surface area contributed by atoms with Gasteiger partial charge in [-0.15, -0.1) is 11.3 Å². The lowest BCUT2D eigenvalue weighted by Gasteiger charge is -2.25. The number of aliphatic hydroxyl groups is 1. The number of amides is 1. The van der Waals surface area contributed by atoms with Gasteiger partial charge in [0.25, 0.3) is 5.91 Å². The van der Waals surface area contributed by atoms with E-state index in [0.29, 0.717) is 11.3 Å². The van der Waals surface area contributed by atoms with Crippen molar-refractivity contribution in [1.82, 2.24) is 5.32 Å². The van der Waals surface area contributed by atoms with Crippen molar-refractivity contribution in [2.75, 3.05) is 6.54 Å². The van der Waals surface area contributed by atoms with E-state index in [1.807, 2.05) is 42.6 Å². The second kappa shape index (κ2) is 6.40. The molecule has 1 atom stereocenters. The largest absolute Gasteiger partial charge is 0.466 e. The molecule has 0 spiro atoms. The number of furan rings is 1. The Balaban J connectivity index is 1.84. The smallest absolute Gasteiger partial charge is 0.251 e. The number of nitrogens with one attached hydrogen (secondary N) is 1. The zero-order valence-corrected chi connectivity index (χ0v) is 13.5. The Labute approximate surface area is 138 Å². The molecule has 1 aromatic carbocycles. The number of hydrogen-bond acceptors (Lipinski definition) is 4. The summed E-state index contributed by atoms with van der Waals surface area (Å²) in [7, 11) is 0. The van der Waals surface area contributed by atoms with E-state index in [2.05, 4.69) is 5.32 Å². The topological polar surface area (TPSA) is 62.5 Å². The highest BCUT2D eigenvalue weighted by Gasteiger charge is 2.36. The fraction of sp³-hybridized carbons (Fsp3) is 0.167. The van der Waals surface area contributed by atoms with Crippen LogP contribution in [0.2, 0.25) is 0 Å². The van der Waals surface area contributed by atoms with Crippen molar-refractivity contribution in [1.29, 1.82) is 0 Å². The number of aryl methyl sites for hydroxylation is 1. The third kappa shape index (κ3) is 3.06. The molecule has 0 aliphatic rings. The van der Waals surface area contributed by atoms with E-state index in [1.54, 1.807) is 18.2 Å². The van der Waals surface area contributed by atoms with Gasteiger partial charge in [-0.25, -0.2) is 0 Å². The molecule has 23 heavy (non-hydrogen) atoms. The molecule has 0 aliphatic heterocycles. The van der Waals surface area contributed by atoms with Crippen molar-refractivity contribution in [3.05, 3.63) is 81.9 Å². The summed E-state index contributed by atoms with van der Waals surface area (Å²) in [6, 6.07) is 14.5. The van der Waals surface area contributed by atoms with Gasteiger partial charge >= 0.3 is 0 Å². The second-order valence-corrected chi connectivity index (χ2v) is 6.26. The lowest BCUT2D eigenvalue weighted by atomic mass is 9.98. The molecular formula is C18H17NO3S. The molecule has 0 saturated carbocycles. The summed E-state index contributed by atoms with van der Waals surface area (Å²) in [6.45, 7) is 1.92. The number of hydrogen-bond donors (Lipinski definition) is 2. The summed E-state index contributed by atoms with van der Waals surface area (Å²) in [5.41, 5.74) is 0.110. The van der Waals surface area contributed by atoms with Crippen molar-refractivity contribution < 1.29 is 14.3 Å². The minimum absolute atomic E-state index is 0.0359. The highest BCUT2D eigenvalue weighted by Crippen LogP contribution is 2.32. The van der Waals surface area contributed by atoms with E-state index in [1.165, 1.54) is 17.6 Å². The molecule has 2 aromatic heterocycles. The Bertz CT molecular complexity index is 744. The van der Waals surface area contributed by atoms with Crippen molar-refractivity contribution in [2.24, 2.45) is 0 Å². The quantitative estimate of drug-likeness (QED) is 0.756. The molecule has 4 nitrogen and oxygen atoms in total. The van der Waals surface area contributed by atoms with Crippen molar-refractivity contribution >= 4 is 17.2 Å². The fourth-order valence-corrected chi connectivity index (χ4v) is 3.28. The molecule has 3 rings (SSSR count). The molecule has 2 heterocycles. The van der Waals surface area contributed by atoms with Gasteiger partial charge in [-0.1, -0.05) is 24.3 Å². The van der Waals surface area contributed by atoms with E-state index < -0.39 is 5.60 Å². The first-order valence-electron chi connectivity index (χ1n) is 7.25. The van der Waals surface area contributed by atoms with E-state index in [9.17, 15) is 9.90 Å².